The molecule has 1 aliphatic heterocycles. The van der Waals surface area contributed by atoms with Gasteiger partial charge in [-0.2, -0.15) is 0 Å². The summed E-state index contributed by atoms with van der Waals surface area (Å²) in [6.07, 6.45) is 5.96. The van der Waals surface area contributed by atoms with Crippen LogP contribution in [0, 0.1) is 0 Å². The number of aromatic nitrogens is 1. The number of nitrogens with zero attached hydrogens (tertiary/aromatic N) is 2. The molecule has 0 bridgehead atoms. The molecule has 122 valence electrons. The molecule has 3 rings (SSSR count). The normalized spacial score (nSPS) is 19.6. The second-order valence-electron chi connectivity index (χ2n) is 6.21. The van der Waals surface area contributed by atoms with Crippen LogP contribution in [0.2, 0.25) is 0 Å². The molecule has 0 spiro atoms. The topological polar surface area (TPSA) is 50.3 Å². The second kappa shape index (κ2) is 6.81. The van der Waals surface area contributed by atoms with E-state index >= 15 is 0 Å². The summed E-state index contributed by atoms with van der Waals surface area (Å²) in [5.41, 5.74) is 3.44. The zero-order valence-corrected chi connectivity index (χ0v) is 14.2. The Balaban J connectivity index is 1.69. The molecule has 2 aromatic rings. The van der Waals surface area contributed by atoms with Gasteiger partial charge in [-0.05, 0) is 36.5 Å². The van der Waals surface area contributed by atoms with E-state index < -0.39 is 10.0 Å². The van der Waals surface area contributed by atoms with Crippen LogP contribution in [0.25, 0.3) is 0 Å². The van der Waals surface area contributed by atoms with E-state index in [4.69, 9.17) is 0 Å². The first-order valence-electron chi connectivity index (χ1n) is 7.96. The number of hydrogen-bond donors (Lipinski definition) is 0. The summed E-state index contributed by atoms with van der Waals surface area (Å²) < 4.78 is 25.0. The van der Waals surface area contributed by atoms with Gasteiger partial charge in [-0.3, -0.25) is 4.98 Å². The van der Waals surface area contributed by atoms with Crippen molar-refractivity contribution in [2.24, 2.45) is 0 Å². The lowest BCUT2D eigenvalue weighted by molar-refractivity contribution is 0.314. The lowest BCUT2D eigenvalue weighted by Gasteiger charge is -2.30. The van der Waals surface area contributed by atoms with E-state index in [9.17, 15) is 8.42 Å². The van der Waals surface area contributed by atoms with Crippen molar-refractivity contribution in [2.45, 2.75) is 25.2 Å². The minimum absolute atomic E-state index is 0.198. The van der Waals surface area contributed by atoms with Crippen molar-refractivity contribution in [3.63, 3.8) is 0 Å². The van der Waals surface area contributed by atoms with Crippen LogP contribution < -0.4 is 0 Å². The van der Waals surface area contributed by atoms with Crippen LogP contribution in [0.4, 0.5) is 0 Å². The van der Waals surface area contributed by atoms with Crippen molar-refractivity contribution >= 4 is 10.0 Å². The smallest absolute Gasteiger partial charge is 0.211 e. The van der Waals surface area contributed by atoms with E-state index in [1.54, 1.807) is 4.31 Å². The Morgan fingerprint density at radius 1 is 1.13 bits per heavy atom. The van der Waals surface area contributed by atoms with Gasteiger partial charge in [-0.15, -0.1) is 0 Å². The molecule has 5 heteroatoms. The number of pyridine rings is 1. The van der Waals surface area contributed by atoms with Crippen LogP contribution in [0.15, 0.2) is 48.7 Å². The van der Waals surface area contributed by atoms with Crippen LogP contribution in [0.3, 0.4) is 0 Å². The van der Waals surface area contributed by atoms with Crippen LogP contribution in [0.5, 0.6) is 0 Å². The summed E-state index contributed by atoms with van der Waals surface area (Å²) in [5, 5.41) is 0. The lowest BCUT2D eigenvalue weighted by atomic mass is 9.95. The Hall–Kier alpha value is -1.72. The van der Waals surface area contributed by atoms with Crippen LogP contribution in [-0.2, 0) is 16.4 Å². The maximum atomic E-state index is 11.7. The molecule has 1 atom stereocenters. The molecule has 0 aliphatic carbocycles. The van der Waals surface area contributed by atoms with E-state index in [2.05, 4.69) is 29.2 Å². The van der Waals surface area contributed by atoms with Gasteiger partial charge in [0.1, 0.15) is 0 Å². The molecule has 4 nitrogen and oxygen atoms in total. The van der Waals surface area contributed by atoms with Gasteiger partial charge >= 0.3 is 0 Å². The Kier molecular flexibility index (Phi) is 4.78. The van der Waals surface area contributed by atoms with Gasteiger partial charge in [0.15, 0.2) is 0 Å². The summed E-state index contributed by atoms with van der Waals surface area (Å²) >= 11 is 0. The van der Waals surface area contributed by atoms with Gasteiger partial charge < -0.3 is 0 Å². The van der Waals surface area contributed by atoms with E-state index in [1.807, 2.05) is 24.4 Å². The molecule has 2 heterocycles. The summed E-state index contributed by atoms with van der Waals surface area (Å²) in [6, 6.07) is 14.5. The van der Waals surface area contributed by atoms with Gasteiger partial charge in [0.2, 0.25) is 10.0 Å². The SMILES string of the molecule is CS(=O)(=O)N1CCCC(c2ccc(Cc3ccccc3)cn2)C1. The van der Waals surface area contributed by atoms with Gasteiger partial charge in [0.25, 0.3) is 0 Å². The fraction of sp³-hybridized carbons (Fsp3) is 0.389. The predicted molar refractivity (Wildman–Crippen MR) is 91.9 cm³/mol. The zero-order chi connectivity index (χ0) is 16.3. The number of sulfonamides is 1. The Morgan fingerprint density at radius 3 is 2.57 bits per heavy atom. The molecule has 23 heavy (non-hydrogen) atoms. The largest absolute Gasteiger partial charge is 0.261 e. The third-order valence-corrected chi connectivity index (χ3v) is 5.64. The number of piperidine rings is 1. The summed E-state index contributed by atoms with van der Waals surface area (Å²) in [6.45, 7) is 1.17. The third-order valence-electron chi connectivity index (χ3n) is 4.37. The average Bonchev–Trinajstić information content (AvgIpc) is 2.56. The third kappa shape index (κ3) is 4.18. The molecule has 1 unspecified atom stereocenters. The highest BCUT2D eigenvalue weighted by atomic mass is 32.2. The first-order valence-corrected chi connectivity index (χ1v) is 9.81. The number of benzene rings is 1. The van der Waals surface area contributed by atoms with Crippen molar-refractivity contribution < 1.29 is 8.42 Å². The molecular formula is C18H22N2O2S. The lowest BCUT2D eigenvalue weighted by Crippen LogP contribution is -2.38. The molecule has 0 radical (unpaired) electrons. The Labute approximate surface area is 138 Å². The maximum Gasteiger partial charge on any atom is 0.211 e. The fourth-order valence-corrected chi connectivity index (χ4v) is 4.01. The quantitative estimate of drug-likeness (QED) is 0.866. The maximum absolute atomic E-state index is 11.7. The highest BCUT2D eigenvalue weighted by molar-refractivity contribution is 7.88. The van der Waals surface area contributed by atoms with Gasteiger partial charge in [-0.25, -0.2) is 12.7 Å². The monoisotopic (exact) mass is 330 g/mol. The standard InChI is InChI=1S/C18H22N2O2S/c1-23(21,22)20-11-5-8-17(14-20)18-10-9-16(13-19-18)12-15-6-3-2-4-7-15/h2-4,6-7,9-10,13,17H,5,8,11-12,14H2,1H3. The molecule has 0 N–H and O–H groups in total. The molecule has 1 aromatic carbocycles. The average molecular weight is 330 g/mol. The highest BCUT2D eigenvalue weighted by Gasteiger charge is 2.27. The highest BCUT2D eigenvalue weighted by Crippen LogP contribution is 2.27. The first-order chi connectivity index (χ1) is 11.0. The van der Waals surface area contributed by atoms with E-state index in [1.165, 1.54) is 17.4 Å². The fourth-order valence-electron chi connectivity index (χ4n) is 3.10. The second-order valence-corrected chi connectivity index (χ2v) is 8.20. The van der Waals surface area contributed by atoms with E-state index in [0.717, 1.165) is 25.0 Å². The van der Waals surface area contributed by atoms with Gasteiger partial charge in [0.05, 0.1) is 6.26 Å². The minimum atomic E-state index is -3.11. The van der Waals surface area contributed by atoms with Gasteiger partial charge in [0, 0.05) is 30.9 Å². The molecule has 0 amide bonds. The predicted octanol–water partition coefficient (Wildman–Crippen LogP) is 2.81. The minimum Gasteiger partial charge on any atom is -0.261 e. The zero-order valence-electron chi connectivity index (χ0n) is 13.4. The Morgan fingerprint density at radius 2 is 1.91 bits per heavy atom. The summed E-state index contributed by atoms with van der Waals surface area (Å²) in [4.78, 5) is 4.59. The number of hydrogen-bond acceptors (Lipinski definition) is 3. The number of rotatable bonds is 4. The van der Waals surface area contributed by atoms with Crippen molar-refractivity contribution in [2.75, 3.05) is 19.3 Å². The van der Waals surface area contributed by atoms with Crippen LogP contribution in [-0.4, -0.2) is 37.1 Å². The van der Waals surface area contributed by atoms with Crippen LogP contribution >= 0.6 is 0 Å². The molecular weight excluding hydrogens is 308 g/mol. The molecule has 1 fully saturated rings. The van der Waals surface area contributed by atoms with Crippen molar-refractivity contribution in [3.05, 3.63) is 65.5 Å². The Bertz CT molecular complexity index is 742. The first kappa shape index (κ1) is 16.1. The van der Waals surface area contributed by atoms with Gasteiger partial charge in [-0.1, -0.05) is 36.4 Å². The molecule has 0 saturated carbocycles. The van der Waals surface area contributed by atoms with Crippen molar-refractivity contribution in [1.82, 2.24) is 9.29 Å². The molecule has 1 saturated heterocycles. The molecule has 1 aromatic heterocycles. The van der Waals surface area contributed by atoms with Crippen molar-refractivity contribution in [3.8, 4) is 0 Å². The van der Waals surface area contributed by atoms with Crippen molar-refractivity contribution in [1.29, 1.82) is 0 Å². The summed E-state index contributed by atoms with van der Waals surface area (Å²) in [5.74, 6) is 0.198. The molecule has 1 aliphatic rings. The van der Waals surface area contributed by atoms with Crippen LogP contribution in [0.1, 0.15) is 35.6 Å². The van der Waals surface area contributed by atoms with E-state index in [-0.39, 0.29) is 5.92 Å². The summed E-state index contributed by atoms with van der Waals surface area (Å²) in [7, 11) is -3.11. The van der Waals surface area contributed by atoms with E-state index in [0.29, 0.717) is 13.1 Å².